The summed E-state index contributed by atoms with van der Waals surface area (Å²) in [5.74, 6) is -0.761. The number of nitro groups is 2. The lowest BCUT2D eigenvalue weighted by Gasteiger charge is -1.99. The third-order valence-corrected chi connectivity index (χ3v) is 3.02. The second-order valence-corrected chi connectivity index (χ2v) is 4.52. The van der Waals surface area contributed by atoms with Crippen molar-refractivity contribution < 1.29 is 14.2 Å². The van der Waals surface area contributed by atoms with E-state index in [2.05, 4.69) is 4.99 Å². The molecule has 0 atom stereocenters. The molecule has 0 bridgehead atoms. The summed E-state index contributed by atoms with van der Waals surface area (Å²) in [5, 5.41) is 21.5. The zero-order valence-electron chi connectivity index (χ0n) is 10.8. The Labute approximate surface area is 128 Å². The smallest absolute Gasteiger partial charge is 0.258 e. The molecule has 0 spiro atoms. The number of benzene rings is 2. The Hall–Kier alpha value is -2.87. The second-order valence-electron chi connectivity index (χ2n) is 4.11. The predicted octanol–water partition coefficient (Wildman–Crippen LogP) is 4.05. The van der Waals surface area contributed by atoms with Crippen molar-refractivity contribution in [2.45, 2.75) is 0 Å². The number of nitrogens with zero attached hydrogens (tertiary/aromatic N) is 3. The van der Waals surface area contributed by atoms with Crippen LogP contribution >= 0.6 is 11.6 Å². The molecule has 0 aromatic heterocycles. The van der Waals surface area contributed by atoms with E-state index in [1.807, 2.05) is 0 Å². The lowest BCUT2D eigenvalue weighted by Crippen LogP contribution is -1.91. The number of halogens is 2. The Balaban J connectivity index is 2.40. The van der Waals surface area contributed by atoms with Gasteiger partial charge in [-0.1, -0.05) is 11.6 Å². The highest BCUT2D eigenvalue weighted by Crippen LogP contribution is 2.25. The predicted molar refractivity (Wildman–Crippen MR) is 78.4 cm³/mol. The lowest BCUT2D eigenvalue weighted by molar-refractivity contribution is -0.385. The molecule has 0 N–H and O–H groups in total. The molecule has 9 heteroatoms. The number of rotatable bonds is 4. The molecule has 0 aliphatic heterocycles. The molecular weight excluding hydrogens is 317 g/mol. The zero-order chi connectivity index (χ0) is 16.3. The Bertz CT molecular complexity index is 729. The van der Waals surface area contributed by atoms with Crippen molar-refractivity contribution in [2.24, 2.45) is 4.99 Å². The van der Waals surface area contributed by atoms with Crippen molar-refractivity contribution in [3.8, 4) is 0 Å². The first-order chi connectivity index (χ1) is 10.4. The fraction of sp³-hybridized carbons (Fsp3) is 0. The molecule has 0 saturated carbocycles. The molecule has 2 aromatic carbocycles. The summed E-state index contributed by atoms with van der Waals surface area (Å²) in [6, 6.07) is 6.57. The summed E-state index contributed by atoms with van der Waals surface area (Å²) in [7, 11) is 0. The van der Waals surface area contributed by atoms with Gasteiger partial charge in [-0.2, -0.15) is 0 Å². The van der Waals surface area contributed by atoms with Crippen molar-refractivity contribution in [2.75, 3.05) is 0 Å². The highest BCUT2D eigenvalue weighted by Gasteiger charge is 2.11. The SMILES string of the molecule is O=[N+]([O-])c1ccc(Cl)c(C=Nc2cc([N+](=O)[O-])ccc2F)c1. The third-order valence-electron chi connectivity index (χ3n) is 2.67. The summed E-state index contributed by atoms with van der Waals surface area (Å²) in [4.78, 5) is 23.8. The molecular formula is C13H7ClFN3O4. The van der Waals surface area contributed by atoms with Crippen molar-refractivity contribution in [3.63, 3.8) is 0 Å². The van der Waals surface area contributed by atoms with E-state index in [1.54, 1.807) is 0 Å². The van der Waals surface area contributed by atoms with E-state index in [-0.39, 0.29) is 27.6 Å². The van der Waals surface area contributed by atoms with Crippen LogP contribution in [0.1, 0.15) is 5.56 Å². The first-order valence-corrected chi connectivity index (χ1v) is 6.18. The molecule has 0 radical (unpaired) electrons. The number of hydrogen-bond acceptors (Lipinski definition) is 5. The van der Waals surface area contributed by atoms with Crippen LogP contribution in [-0.2, 0) is 0 Å². The van der Waals surface area contributed by atoms with E-state index in [0.29, 0.717) is 0 Å². The molecule has 112 valence electrons. The molecule has 0 unspecified atom stereocenters. The van der Waals surface area contributed by atoms with Crippen LogP contribution in [-0.4, -0.2) is 16.1 Å². The van der Waals surface area contributed by atoms with Gasteiger partial charge in [0.05, 0.1) is 9.85 Å². The largest absolute Gasteiger partial charge is 0.271 e. The van der Waals surface area contributed by atoms with Gasteiger partial charge in [0.15, 0.2) is 0 Å². The van der Waals surface area contributed by atoms with Gasteiger partial charge in [0, 0.05) is 41.1 Å². The van der Waals surface area contributed by atoms with Crippen LogP contribution in [0.2, 0.25) is 5.02 Å². The fourth-order valence-corrected chi connectivity index (χ4v) is 1.76. The van der Waals surface area contributed by atoms with Crippen LogP contribution in [0.4, 0.5) is 21.5 Å². The van der Waals surface area contributed by atoms with E-state index < -0.39 is 15.7 Å². The number of aliphatic imine (C=N–C) groups is 1. The van der Waals surface area contributed by atoms with Crippen molar-refractivity contribution in [1.29, 1.82) is 0 Å². The maximum absolute atomic E-state index is 13.6. The van der Waals surface area contributed by atoms with E-state index >= 15 is 0 Å². The van der Waals surface area contributed by atoms with Crippen molar-refractivity contribution in [1.82, 2.24) is 0 Å². The summed E-state index contributed by atoms with van der Waals surface area (Å²) in [6.07, 6.45) is 1.11. The topological polar surface area (TPSA) is 98.6 Å². The molecule has 22 heavy (non-hydrogen) atoms. The van der Waals surface area contributed by atoms with Gasteiger partial charge in [-0.3, -0.25) is 25.2 Å². The van der Waals surface area contributed by atoms with Gasteiger partial charge in [-0.15, -0.1) is 0 Å². The summed E-state index contributed by atoms with van der Waals surface area (Å²) >= 11 is 5.87. The monoisotopic (exact) mass is 323 g/mol. The summed E-state index contributed by atoms with van der Waals surface area (Å²) < 4.78 is 13.6. The van der Waals surface area contributed by atoms with Gasteiger partial charge in [0.1, 0.15) is 11.5 Å². The van der Waals surface area contributed by atoms with Crippen molar-refractivity contribution in [3.05, 3.63) is 73.0 Å². The average molecular weight is 324 g/mol. The Morgan fingerprint density at radius 3 is 2.27 bits per heavy atom. The minimum absolute atomic E-state index is 0.181. The van der Waals surface area contributed by atoms with Gasteiger partial charge in [0.25, 0.3) is 11.4 Å². The molecule has 0 amide bonds. The Morgan fingerprint density at radius 1 is 1.05 bits per heavy atom. The van der Waals surface area contributed by atoms with Gasteiger partial charge in [-0.05, 0) is 12.1 Å². The normalized spacial score (nSPS) is 10.8. The average Bonchev–Trinajstić information content (AvgIpc) is 2.47. The molecule has 0 aliphatic rings. The van der Waals surface area contributed by atoms with Gasteiger partial charge in [-0.25, -0.2) is 4.39 Å². The molecule has 0 aliphatic carbocycles. The van der Waals surface area contributed by atoms with Crippen LogP contribution in [0.5, 0.6) is 0 Å². The van der Waals surface area contributed by atoms with Crippen LogP contribution < -0.4 is 0 Å². The molecule has 0 fully saturated rings. The van der Waals surface area contributed by atoms with Crippen LogP contribution in [0.25, 0.3) is 0 Å². The van der Waals surface area contributed by atoms with Crippen LogP contribution in [0.15, 0.2) is 41.4 Å². The maximum Gasteiger partial charge on any atom is 0.271 e. The van der Waals surface area contributed by atoms with E-state index in [1.165, 1.54) is 18.2 Å². The summed E-state index contributed by atoms with van der Waals surface area (Å²) in [5.41, 5.74) is -0.595. The summed E-state index contributed by atoms with van der Waals surface area (Å²) in [6.45, 7) is 0. The van der Waals surface area contributed by atoms with Gasteiger partial charge >= 0.3 is 0 Å². The molecule has 7 nitrogen and oxygen atoms in total. The van der Waals surface area contributed by atoms with E-state index in [0.717, 1.165) is 24.4 Å². The Morgan fingerprint density at radius 2 is 1.64 bits per heavy atom. The maximum atomic E-state index is 13.6. The fourth-order valence-electron chi connectivity index (χ4n) is 1.60. The highest BCUT2D eigenvalue weighted by molar-refractivity contribution is 6.33. The van der Waals surface area contributed by atoms with E-state index in [9.17, 15) is 24.6 Å². The number of nitro benzene ring substituents is 2. The Kier molecular flexibility index (Phi) is 4.42. The first-order valence-electron chi connectivity index (χ1n) is 5.80. The van der Waals surface area contributed by atoms with Gasteiger partial charge < -0.3 is 0 Å². The number of hydrogen-bond donors (Lipinski definition) is 0. The molecule has 0 saturated heterocycles. The second kappa shape index (κ2) is 6.27. The minimum atomic E-state index is -0.761. The van der Waals surface area contributed by atoms with Gasteiger partial charge in [0.2, 0.25) is 0 Å². The third kappa shape index (κ3) is 3.41. The number of non-ortho nitro benzene ring substituents is 2. The van der Waals surface area contributed by atoms with E-state index in [4.69, 9.17) is 11.6 Å². The molecule has 0 heterocycles. The first kappa shape index (κ1) is 15.5. The standard InChI is InChI=1S/C13H7ClFN3O4/c14-11-3-1-9(17(19)20)5-8(11)7-16-13-6-10(18(21)22)2-4-12(13)15/h1-7H. The quantitative estimate of drug-likeness (QED) is 0.481. The van der Waals surface area contributed by atoms with Crippen LogP contribution in [0, 0.1) is 26.0 Å². The molecule has 2 aromatic rings. The lowest BCUT2D eigenvalue weighted by atomic mass is 10.2. The minimum Gasteiger partial charge on any atom is -0.258 e. The zero-order valence-corrected chi connectivity index (χ0v) is 11.5. The highest BCUT2D eigenvalue weighted by atomic mass is 35.5. The van der Waals surface area contributed by atoms with Crippen molar-refractivity contribution >= 4 is 34.9 Å². The van der Waals surface area contributed by atoms with Crippen LogP contribution in [0.3, 0.4) is 0 Å². The molecule has 2 rings (SSSR count).